The molecule has 8 nitrogen and oxygen atoms in total. The Morgan fingerprint density at radius 2 is 1.77 bits per heavy atom. The summed E-state index contributed by atoms with van der Waals surface area (Å²) < 4.78 is 16.7. The van der Waals surface area contributed by atoms with Gasteiger partial charge in [-0.25, -0.2) is 9.07 Å². The average molecular weight is 543 g/mol. The molecule has 1 N–H and O–H groups in total. The van der Waals surface area contributed by atoms with E-state index in [0.717, 1.165) is 22.2 Å². The Balaban J connectivity index is 1.41. The highest BCUT2D eigenvalue weighted by Gasteiger charge is 2.48. The van der Waals surface area contributed by atoms with Crippen LogP contribution in [0, 0.1) is 11.7 Å². The van der Waals surface area contributed by atoms with Crippen LogP contribution in [-0.2, 0) is 11.8 Å². The summed E-state index contributed by atoms with van der Waals surface area (Å²) in [5.41, 5.74) is 3.17. The van der Waals surface area contributed by atoms with Gasteiger partial charge in [0.1, 0.15) is 11.5 Å². The van der Waals surface area contributed by atoms with Gasteiger partial charge < -0.3 is 10.2 Å². The number of carbonyl (C=O) groups is 2. The molecule has 3 heterocycles. The number of aryl methyl sites for hydroxylation is 1. The van der Waals surface area contributed by atoms with E-state index in [2.05, 4.69) is 15.5 Å². The Morgan fingerprint density at radius 1 is 1.03 bits per heavy atom. The SMILES string of the molecule is C[C@@H]1C(=O)N(c2ccc3c(cnn3-c3ccc(F)cc3)c2)[C@H](c2ccccc2Cl)[C@H]1NC(=O)c1ccn(C)n1. The summed E-state index contributed by atoms with van der Waals surface area (Å²) in [6, 6.07) is 19.5. The van der Waals surface area contributed by atoms with Gasteiger partial charge in [-0.05, 0) is 60.2 Å². The standard InChI is InChI=1S/C29H24ClFN6O2/c1-17-26(33-28(38)24-13-14-35(2)34-24)27(22-5-3-4-6-23(22)30)36(29(17)39)21-11-12-25-18(15-21)16-32-37(25)20-9-7-19(31)8-10-20/h3-17,26-27H,1-2H3,(H,33,38)/t17-,26-,27+/m0/s1. The Hall–Kier alpha value is -4.50. The minimum absolute atomic E-state index is 0.142. The van der Waals surface area contributed by atoms with Crippen LogP contribution in [0.2, 0.25) is 5.02 Å². The Labute approximate surface area is 228 Å². The average Bonchev–Trinajstić information content (AvgIpc) is 3.62. The van der Waals surface area contributed by atoms with Crippen molar-refractivity contribution in [2.75, 3.05) is 4.90 Å². The number of nitrogens with zero attached hydrogens (tertiary/aromatic N) is 5. The molecule has 0 radical (unpaired) electrons. The van der Waals surface area contributed by atoms with Gasteiger partial charge in [-0.15, -0.1) is 0 Å². The molecule has 1 aliphatic rings. The van der Waals surface area contributed by atoms with Gasteiger partial charge in [-0.3, -0.25) is 14.3 Å². The van der Waals surface area contributed by atoms with E-state index in [1.54, 1.807) is 64.9 Å². The molecule has 5 aromatic rings. The van der Waals surface area contributed by atoms with Gasteiger partial charge in [0.25, 0.3) is 5.91 Å². The Bertz CT molecular complexity index is 1710. The van der Waals surface area contributed by atoms with Crippen molar-refractivity contribution in [1.82, 2.24) is 24.9 Å². The first-order valence-electron chi connectivity index (χ1n) is 12.4. The van der Waals surface area contributed by atoms with Crippen LogP contribution in [-0.4, -0.2) is 37.4 Å². The first-order chi connectivity index (χ1) is 18.8. The third-order valence-corrected chi connectivity index (χ3v) is 7.50. The van der Waals surface area contributed by atoms with E-state index < -0.39 is 18.0 Å². The fraction of sp³-hybridized carbons (Fsp3) is 0.172. The number of hydrogen-bond donors (Lipinski definition) is 1. The maximum Gasteiger partial charge on any atom is 0.272 e. The quantitative estimate of drug-likeness (QED) is 0.336. The first kappa shape index (κ1) is 24.8. The molecule has 196 valence electrons. The van der Waals surface area contributed by atoms with Gasteiger partial charge in [0, 0.05) is 29.3 Å². The lowest BCUT2D eigenvalue weighted by atomic mass is 9.94. The smallest absolute Gasteiger partial charge is 0.272 e. The van der Waals surface area contributed by atoms with Gasteiger partial charge in [-0.2, -0.15) is 10.2 Å². The number of aromatic nitrogens is 4. The third-order valence-electron chi connectivity index (χ3n) is 7.15. The normalized spacial score (nSPS) is 19.1. The number of amides is 2. The van der Waals surface area contributed by atoms with Gasteiger partial charge in [0.2, 0.25) is 5.91 Å². The van der Waals surface area contributed by atoms with Gasteiger partial charge in [0.05, 0.1) is 35.4 Å². The minimum Gasteiger partial charge on any atom is -0.345 e. The van der Waals surface area contributed by atoms with Crippen LogP contribution >= 0.6 is 11.6 Å². The highest BCUT2D eigenvalue weighted by molar-refractivity contribution is 6.31. The molecule has 0 saturated carbocycles. The number of anilines is 1. The second-order valence-corrected chi connectivity index (χ2v) is 10.0. The van der Waals surface area contributed by atoms with Crippen LogP contribution < -0.4 is 10.2 Å². The fourth-order valence-electron chi connectivity index (χ4n) is 5.20. The van der Waals surface area contributed by atoms with Crippen molar-refractivity contribution >= 4 is 40.0 Å². The van der Waals surface area contributed by atoms with Gasteiger partial charge >= 0.3 is 0 Å². The summed E-state index contributed by atoms with van der Waals surface area (Å²) in [5, 5.41) is 13.0. The number of hydrogen-bond acceptors (Lipinski definition) is 4. The van der Waals surface area contributed by atoms with Crippen molar-refractivity contribution in [1.29, 1.82) is 0 Å². The third kappa shape index (κ3) is 4.34. The van der Waals surface area contributed by atoms with Crippen LogP contribution in [0.15, 0.2) is 85.2 Å². The molecule has 6 rings (SSSR count). The van der Waals surface area contributed by atoms with E-state index >= 15 is 0 Å². The van der Waals surface area contributed by atoms with E-state index in [9.17, 15) is 14.0 Å². The Morgan fingerprint density at radius 3 is 2.49 bits per heavy atom. The van der Waals surface area contributed by atoms with Crippen molar-refractivity contribution in [2.45, 2.75) is 19.0 Å². The number of rotatable bonds is 5. The molecule has 3 aromatic carbocycles. The maximum absolute atomic E-state index is 13.8. The zero-order valence-corrected chi connectivity index (χ0v) is 21.9. The van der Waals surface area contributed by atoms with Gasteiger partial charge in [0.15, 0.2) is 0 Å². The second kappa shape index (κ2) is 9.67. The van der Waals surface area contributed by atoms with Crippen LogP contribution in [0.25, 0.3) is 16.6 Å². The summed E-state index contributed by atoms with van der Waals surface area (Å²) >= 11 is 6.65. The van der Waals surface area contributed by atoms with E-state index in [0.29, 0.717) is 10.7 Å². The maximum atomic E-state index is 13.8. The van der Waals surface area contributed by atoms with Crippen molar-refractivity contribution in [3.05, 3.63) is 107 Å². The van der Waals surface area contributed by atoms with Crippen LogP contribution in [0.4, 0.5) is 10.1 Å². The molecular weight excluding hydrogens is 519 g/mol. The van der Waals surface area contributed by atoms with E-state index in [4.69, 9.17) is 11.6 Å². The summed E-state index contributed by atoms with van der Waals surface area (Å²) in [6.07, 6.45) is 3.40. The summed E-state index contributed by atoms with van der Waals surface area (Å²) in [4.78, 5) is 28.6. The lowest BCUT2D eigenvalue weighted by molar-refractivity contribution is -0.120. The molecule has 0 aliphatic carbocycles. The monoisotopic (exact) mass is 542 g/mol. The zero-order valence-electron chi connectivity index (χ0n) is 21.1. The van der Waals surface area contributed by atoms with Crippen molar-refractivity contribution in [3.8, 4) is 5.69 Å². The number of halogens is 2. The van der Waals surface area contributed by atoms with Crippen LogP contribution in [0.3, 0.4) is 0 Å². The predicted molar refractivity (Wildman–Crippen MR) is 146 cm³/mol. The molecule has 0 spiro atoms. The summed E-state index contributed by atoms with van der Waals surface area (Å²) in [6.45, 7) is 1.81. The molecule has 2 aromatic heterocycles. The van der Waals surface area contributed by atoms with Gasteiger partial charge in [-0.1, -0.05) is 36.7 Å². The Kier molecular flexibility index (Phi) is 6.15. The zero-order chi connectivity index (χ0) is 27.3. The molecule has 0 bridgehead atoms. The number of carbonyl (C=O) groups excluding carboxylic acids is 2. The lowest BCUT2D eigenvalue weighted by Gasteiger charge is -2.30. The van der Waals surface area contributed by atoms with E-state index in [1.165, 1.54) is 12.1 Å². The molecule has 2 amide bonds. The highest BCUT2D eigenvalue weighted by Crippen LogP contribution is 2.43. The molecule has 1 saturated heterocycles. The molecule has 1 aliphatic heterocycles. The van der Waals surface area contributed by atoms with Crippen LogP contribution in [0.5, 0.6) is 0 Å². The molecule has 10 heteroatoms. The largest absolute Gasteiger partial charge is 0.345 e. The van der Waals surface area contributed by atoms with Crippen molar-refractivity contribution < 1.29 is 14.0 Å². The van der Waals surface area contributed by atoms with Crippen molar-refractivity contribution in [3.63, 3.8) is 0 Å². The van der Waals surface area contributed by atoms with Crippen molar-refractivity contribution in [2.24, 2.45) is 13.0 Å². The molecule has 0 unspecified atom stereocenters. The molecule has 39 heavy (non-hydrogen) atoms. The molecule has 1 fully saturated rings. The topological polar surface area (TPSA) is 85.0 Å². The predicted octanol–water partition coefficient (Wildman–Crippen LogP) is 5.07. The minimum atomic E-state index is -0.565. The number of fused-ring (bicyclic) bond motifs is 1. The van der Waals surface area contributed by atoms with E-state index in [1.807, 2.05) is 36.4 Å². The fourth-order valence-corrected chi connectivity index (χ4v) is 5.45. The second-order valence-electron chi connectivity index (χ2n) is 9.61. The summed E-state index contributed by atoms with van der Waals surface area (Å²) in [5.74, 6) is -1.36. The first-order valence-corrected chi connectivity index (χ1v) is 12.8. The number of benzene rings is 3. The highest BCUT2D eigenvalue weighted by atomic mass is 35.5. The van der Waals surface area contributed by atoms with Crippen LogP contribution in [0.1, 0.15) is 29.0 Å². The lowest BCUT2D eigenvalue weighted by Crippen LogP contribution is -2.42. The number of nitrogens with one attached hydrogen (secondary N) is 1. The molecular formula is C29H24ClFN6O2. The molecule has 3 atom stereocenters. The summed E-state index contributed by atoms with van der Waals surface area (Å²) in [7, 11) is 1.74. The van der Waals surface area contributed by atoms with E-state index in [-0.39, 0.29) is 23.3 Å².